The third-order valence-electron chi connectivity index (χ3n) is 8.50. The van der Waals surface area contributed by atoms with Crippen molar-refractivity contribution in [1.29, 1.82) is 0 Å². The standard InChI is InChI=1S/C40H24BrN3O3/c1-2-25-30-11-7-12-31(37(30)47-32(25)15-8-20-41)40-43-38(23-16-18-28-26-9-3-5-13-33(26)45-35(28)21-23)42-39(44-40)24-17-19-29-27-10-4-6-14-34(27)46-36(29)22-24/h2-19,21-22H,1,20H2/b15-8-. The molecule has 0 aliphatic heterocycles. The first-order valence-electron chi connectivity index (χ1n) is 15.2. The van der Waals surface area contributed by atoms with Crippen LogP contribution in [0, 0.1) is 0 Å². The Morgan fingerprint density at radius 1 is 0.574 bits per heavy atom. The molecule has 0 fully saturated rings. The van der Waals surface area contributed by atoms with Gasteiger partial charge in [-0.25, -0.2) is 15.0 Å². The number of aromatic nitrogens is 3. The Balaban J connectivity index is 1.27. The van der Waals surface area contributed by atoms with Crippen molar-refractivity contribution >= 4 is 82.9 Å². The zero-order valence-electron chi connectivity index (χ0n) is 24.9. The average Bonchev–Trinajstić information content (AvgIpc) is 3.80. The van der Waals surface area contributed by atoms with E-state index in [9.17, 15) is 0 Å². The molecule has 4 heterocycles. The van der Waals surface area contributed by atoms with Gasteiger partial charge in [0.1, 0.15) is 33.7 Å². The van der Waals surface area contributed by atoms with E-state index < -0.39 is 0 Å². The number of rotatable bonds is 6. The number of nitrogens with zero attached hydrogens (tertiary/aromatic N) is 3. The summed E-state index contributed by atoms with van der Waals surface area (Å²) in [6.45, 7) is 4.05. The van der Waals surface area contributed by atoms with Crippen LogP contribution in [0.25, 0.3) is 101 Å². The van der Waals surface area contributed by atoms with Gasteiger partial charge in [-0.1, -0.05) is 95.3 Å². The van der Waals surface area contributed by atoms with Crippen molar-refractivity contribution in [1.82, 2.24) is 15.0 Å². The maximum atomic E-state index is 6.44. The van der Waals surface area contributed by atoms with E-state index in [0.29, 0.717) is 28.4 Å². The number of para-hydroxylation sites is 3. The molecule has 0 N–H and O–H groups in total. The van der Waals surface area contributed by atoms with Crippen molar-refractivity contribution in [2.75, 3.05) is 5.33 Å². The predicted molar refractivity (Wildman–Crippen MR) is 193 cm³/mol. The van der Waals surface area contributed by atoms with Crippen LogP contribution in [0.3, 0.4) is 0 Å². The Hall–Kier alpha value is -5.79. The van der Waals surface area contributed by atoms with Crippen molar-refractivity contribution < 1.29 is 13.3 Å². The fraction of sp³-hybridized carbons (Fsp3) is 0.0250. The van der Waals surface area contributed by atoms with Gasteiger partial charge in [0.25, 0.3) is 0 Å². The Morgan fingerprint density at radius 2 is 1.13 bits per heavy atom. The highest BCUT2D eigenvalue weighted by atomic mass is 79.9. The molecule has 0 aliphatic rings. The molecule has 0 spiro atoms. The zero-order valence-corrected chi connectivity index (χ0v) is 26.5. The van der Waals surface area contributed by atoms with Gasteiger partial charge < -0.3 is 13.3 Å². The summed E-state index contributed by atoms with van der Waals surface area (Å²) in [7, 11) is 0. The molecule has 5 aromatic carbocycles. The van der Waals surface area contributed by atoms with Crippen molar-refractivity contribution in [3.05, 3.63) is 127 Å². The second-order valence-corrected chi connectivity index (χ2v) is 11.9. The largest absolute Gasteiger partial charge is 0.456 e. The molecule has 0 radical (unpaired) electrons. The minimum absolute atomic E-state index is 0.491. The van der Waals surface area contributed by atoms with Crippen LogP contribution < -0.4 is 0 Å². The number of alkyl halides is 1. The normalized spacial score (nSPS) is 12.0. The molecular weight excluding hydrogens is 650 g/mol. The SMILES string of the molecule is C=Cc1c(/C=C\CBr)oc2c(-c3nc(-c4ccc5c(c4)oc4ccccc45)nc(-c4ccc5c(c4)oc4ccccc45)n3)cccc12. The van der Waals surface area contributed by atoms with Gasteiger partial charge in [0.05, 0.1) is 5.56 Å². The van der Waals surface area contributed by atoms with Crippen LogP contribution in [0.15, 0.2) is 129 Å². The number of benzene rings is 5. The van der Waals surface area contributed by atoms with Crippen LogP contribution in [0.4, 0.5) is 0 Å². The predicted octanol–water partition coefficient (Wildman–Crippen LogP) is 11.5. The summed E-state index contributed by atoms with van der Waals surface area (Å²) in [5.41, 5.74) is 7.18. The van der Waals surface area contributed by atoms with Gasteiger partial charge in [0.2, 0.25) is 0 Å². The minimum Gasteiger partial charge on any atom is -0.456 e. The number of furan rings is 3. The Kier molecular flexibility index (Phi) is 6.40. The molecule has 4 aromatic heterocycles. The average molecular weight is 675 g/mol. The number of allylic oxidation sites excluding steroid dienone is 1. The van der Waals surface area contributed by atoms with E-state index in [1.54, 1.807) is 0 Å². The Labute approximate surface area is 276 Å². The summed E-state index contributed by atoms with van der Waals surface area (Å²) in [6, 6.07) is 34.2. The molecule has 224 valence electrons. The molecule has 0 unspecified atom stereocenters. The highest BCUT2D eigenvalue weighted by molar-refractivity contribution is 9.09. The highest BCUT2D eigenvalue weighted by Gasteiger charge is 2.20. The van der Waals surface area contributed by atoms with E-state index in [4.69, 9.17) is 28.2 Å². The molecule has 6 nitrogen and oxygen atoms in total. The molecule has 7 heteroatoms. The number of fused-ring (bicyclic) bond motifs is 7. The van der Waals surface area contributed by atoms with Crippen molar-refractivity contribution in [3.63, 3.8) is 0 Å². The summed E-state index contributed by atoms with van der Waals surface area (Å²) < 4.78 is 18.9. The molecule has 47 heavy (non-hydrogen) atoms. The van der Waals surface area contributed by atoms with Gasteiger partial charge in [-0.15, -0.1) is 0 Å². The number of halogens is 1. The monoisotopic (exact) mass is 673 g/mol. The highest BCUT2D eigenvalue weighted by Crippen LogP contribution is 2.37. The molecule has 0 saturated carbocycles. The third kappa shape index (κ3) is 4.50. The topological polar surface area (TPSA) is 78.1 Å². The summed E-state index contributed by atoms with van der Waals surface area (Å²) in [5.74, 6) is 2.25. The van der Waals surface area contributed by atoms with Gasteiger partial charge in [-0.05, 0) is 48.5 Å². The molecule has 0 aliphatic carbocycles. The molecule has 0 bridgehead atoms. The fourth-order valence-corrected chi connectivity index (χ4v) is 6.49. The summed E-state index contributed by atoms with van der Waals surface area (Å²) in [5, 5.41) is 5.85. The second kappa shape index (κ2) is 10.9. The molecule has 9 aromatic rings. The Morgan fingerprint density at radius 3 is 1.72 bits per heavy atom. The van der Waals surface area contributed by atoms with Crippen molar-refractivity contribution in [2.45, 2.75) is 0 Å². The lowest BCUT2D eigenvalue weighted by Gasteiger charge is -2.09. The number of hydrogen-bond acceptors (Lipinski definition) is 6. The molecule has 0 atom stereocenters. The molecule has 0 amide bonds. The van der Waals surface area contributed by atoms with Gasteiger partial charge in [-0.3, -0.25) is 0 Å². The number of hydrogen-bond donors (Lipinski definition) is 0. The van der Waals surface area contributed by atoms with E-state index in [2.05, 4.69) is 46.8 Å². The van der Waals surface area contributed by atoms with E-state index >= 15 is 0 Å². The second-order valence-electron chi connectivity index (χ2n) is 11.2. The summed E-state index contributed by atoms with van der Waals surface area (Å²) >= 11 is 3.46. The summed E-state index contributed by atoms with van der Waals surface area (Å²) in [4.78, 5) is 15.1. The molecular formula is C40H24BrN3O3. The lowest BCUT2D eigenvalue weighted by atomic mass is 10.1. The fourth-order valence-electron chi connectivity index (χ4n) is 6.30. The maximum absolute atomic E-state index is 6.44. The van der Waals surface area contributed by atoms with Gasteiger partial charge in [0, 0.05) is 49.0 Å². The third-order valence-corrected chi connectivity index (χ3v) is 8.87. The lowest BCUT2D eigenvalue weighted by Crippen LogP contribution is -2.00. The van der Waals surface area contributed by atoms with Gasteiger partial charge >= 0.3 is 0 Å². The maximum Gasteiger partial charge on any atom is 0.167 e. The zero-order chi connectivity index (χ0) is 31.5. The van der Waals surface area contributed by atoms with Crippen LogP contribution in [-0.2, 0) is 0 Å². The molecule has 0 saturated heterocycles. The van der Waals surface area contributed by atoms with Crippen LogP contribution >= 0.6 is 15.9 Å². The van der Waals surface area contributed by atoms with Crippen LogP contribution in [0.2, 0.25) is 0 Å². The van der Waals surface area contributed by atoms with E-state index in [0.717, 1.165) is 77.3 Å². The van der Waals surface area contributed by atoms with Crippen molar-refractivity contribution in [3.8, 4) is 34.2 Å². The van der Waals surface area contributed by atoms with E-state index in [-0.39, 0.29) is 0 Å². The van der Waals surface area contributed by atoms with Crippen LogP contribution in [0.1, 0.15) is 11.3 Å². The first-order valence-corrected chi connectivity index (χ1v) is 16.3. The van der Waals surface area contributed by atoms with Crippen LogP contribution in [0.5, 0.6) is 0 Å². The van der Waals surface area contributed by atoms with E-state index in [1.807, 2.05) is 97.1 Å². The van der Waals surface area contributed by atoms with Gasteiger partial charge in [-0.2, -0.15) is 0 Å². The quantitative estimate of drug-likeness (QED) is 0.163. The Bertz CT molecular complexity index is 2580. The first kappa shape index (κ1) is 27.5. The van der Waals surface area contributed by atoms with Crippen molar-refractivity contribution in [2.24, 2.45) is 0 Å². The van der Waals surface area contributed by atoms with E-state index in [1.165, 1.54) is 0 Å². The molecule has 9 rings (SSSR count). The van der Waals surface area contributed by atoms with Gasteiger partial charge in [0.15, 0.2) is 17.5 Å². The summed E-state index contributed by atoms with van der Waals surface area (Å²) in [6.07, 6.45) is 5.76. The lowest BCUT2D eigenvalue weighted by molar-refractivity contribution is 0.604. The van der Waals surface area contributed by atoms with Crippen LogP contribution in [-0.4, -0.2) is 20.3 Å². The smallest absolute Gasteiger partial charge is 0.167 e. The minimum atomic E-state index is 0.491. The first-order chi connectivity index (χ1) is 23.2.